The lowest BCUT2D eigenvalue weighted by Gasteiger charge is -2.40. The predicted octanol–water partition coefficient (Wildman–Crippen LogP) is 3.92. The molecule has 0 aliphatic carbocycles. The summed E-state index contributed by atoms with van der Waals surface area (Å²) in [6.45, 7) is 0.546. The molecule has 0 spiro atoms. The van der Waals surface area contributed by atoms with Crippen molar-refractivity contribution in [1.82, 2.24) is 0 Å². The third kappa shape index (κ3) is 3.76. The van der Waals surface area contributed by atoms with Crippen LogP contribution in [0.3, 0.4) is 0 Å². The van der Waals surface area contributed by atoms with Crippen LogP contribution >= 0.6 is 0 Å². The number of aliphatic imine (C=N–C) groups is 1. The van der Waals surface area contributed by atoms with E-state index in [1.165, 1.54) is 0 Å². The van der Waals surface area contributed by atoms with Crippen molar-refractivity contribution >= 4 is 17.5 Å². The normalized spacial score (nSPS) is 21.2. The number of amides is 1. The van der Waals surface area contributed by atoms with Crippen molar-refractivity contribution in [2.24, 2.45) is 4.99 Å². The number of hydrogen-bond donors (Lipinski definition) is 1. The second-order valence-corrected chi connectivity index (χ2v) is 8.37. The van der Waals surface area contributed by atoms with Gasteiger partial charge in [-0.05, 0) is 35.9 Å². The standard InChI is InChI=1S/C27H26N2O4/c1-29-23-11-6-5-10-22(23)24-27(26(29)31,18-19-8-3-2-4-9-19)28-25(33-24)20-12-14-21(15-13-20)32-17-7-16-30/h2-6,8-15,24,30H,7,16-18H2,1H3/t24-,27-/m0/s1. The van der Waals surface area contributed by atoms with E-state index in [2.05, 4.69) is 0 Å². The van der Waals surface area contributed by atoms with E-state index in [4.69, 9.17) is 19.6 Å². The van der Waals surface area contributed by atoms with E-state index in [9.17, 15) is 4.79 Å². The molecule has 2 aliphatic rings. The van der Waals surface area contributed by atoms with E-state index in [1.54, 1.807) is 11.9 Å². The van der Waals surface area contributed by atoms with E-state index in [0.29, 0.717) is 31.1 Å². The molecule has 6 nitrogen and oxygen atoms in total. The predicted molar refractivity (Wildman–Crippen MR) is 127 cm³/mol. The first-order valence-electron chi connectivity index (χ1n) is 11.1. The quantitative estimate of drug-likeness (QED) is 0.563. The fourth-order valence-electron chi connectivity index (χ4n) is 4.57. The van der Waals surface area contributed by atoms with Gasteiger partial charge in [-0.15, -0.1) is 0 Å². The summed E-state index contributed by atoms with van der Waals surface area (Å²) in [6, 6.07) is 25.3. The van der Waals surface area contributed by atoms with Crippen LogP contribution in [-0.4, -0.2) is 42.7 Å². The first-order chi connectivity index (χ1) is 16.1. The molecule has 0 saturated carbocycles. The minimum Gasteiger partial charge on any atom is -0.494 e. The Morgan fingerprint density at radius 2 is 1.76 bits per heavy atom. The van der Waals surface area contributed by atoms with Gasteiger partial charge in [0.25, 0.3) is 5.91 Å². The van der Waals surface area contributed by atoms with E-state index in [-0.39, 0.29) is 12.5 Å². The molecular formula is C27H26N2O4. The van der Waals surface area contributed by atoms with Crippen LogP contribution in [0.1, 0.15) is 29.2 Å². The summed E-state index contributed by atoms with van der Waals surface area (Å²) >= 11 is 0. The van der Waals surface area contributed by atoms with Gasteiger partial charge in [0.1, 0.15) is 5.75 Å². The molecule has 1 N–H and O–H groups in total. The molecule has 0 saturated heterocycles. The van der Waals surface area contributed by atoms with Gasteiger partial charge in [0.15, 0.2) is 11.6 Å². The second kappa shape index (κ2) is 8.71. The number of para-hydroxylation sites is 1. The Labute approximate surface area is 193 Å². The maximum atomic E-state index is 13.8. The zero-order valence-electron chi connectivity index (χ0n) is 18.5. The fourth-order valence-corrected chi connectivity index (χ4v) is 4.57. The van der Waals surface area contributed by atoms with Crippen LogP contribution in [0.25, 0.3) is 0 Å². The number of fused-ring (bicyclic) bond motifs is 3. The maximum absolute atomic E-state index is 13.8. The summed E-state index contributed by atoms with van der Waals surface area (Å²) in [5, 5.41) is 8.93. The van der Waals surface area contributed by atoms with Crippen molar-refractivity contribution in [3.05, 3.63) is 95.6 Å². The molecule has 33 heavy (non-hydrogen) atoms. The van der Waals surface area contributed by atoms with Crippen molar-refractivity contribution in [3.8, 4) is 5.75 Å². The number of aliphatic hydroxyl groups excluding tert-OH is 1. The van der Waals surface area contributed by atoms with Crippen LogP contribution in [0.15, 0.2) is 83.9 Å². The molecule has 3 aromatic rings. The Kier molecular flexibility index (Phi) is 5.60. The molecule has 0 fully saturated rings. The summed E-state index contributed by atoms with van der Waals surface area (Å²) < 4.78 is 12.1. The Balaban J connectivity index is 1.54. The van der Waals surface area contributed by atoms with Gasteiger partial charge in [-0.1, -0.05) is 48.5 Å². The molecule has 0 bridgehead atoms. The zero-order valence-corrected chi connectivity index (χ0v) is 18.5. The van der Waals surface area contributed by atoms with Crippen molar-refractivity contribution in [2.45, 2.75) is 24.5 Å². The van der Waals surface area contributed by atoms with E-state index >= 15 is 0 Å². The first kappa shape index (κ1) is 21.2. The summed E-state index contributed by atoms with van der Waals surface area (Å²) in [6.07, 6.45) is 0.520. The fraction of sp³-hybridized carbons (Fsp3) is 0.259. The van der Waals surface area contributed by atoms with Crippen LogP contribution < -0.4 is 9.64 Å². The minimum atomic E-state index is -1.07. The Morgan fingerprint density at radius 1 is 1.03 bits per heavy atom. The maximum Gasteiger partial charge on any atom is 0.259 e. The van der Waals surface area contributed by atoms with Gasteiger partial charge < -0.3 is 19.5 Å². The molecule has 2 aliphatic heterocycles. The molecule has 0 unspecified atom stereocenters. The van der Waals surface area contributed by atoms with Crippen molar-refractivity contribution < 1.29 is 19.4 Å². The van der Waals surface area contributed by atoms with Gasteiger partial charge in [-0.3, -0.25) is 4.79 Å². The zero-order chi connectivity index (χ0) is 22.8. The van der Waals surface area contributed by atoms with Crippen LogP contribution in [-0.2, 0) is 16.0 Å². The summed E-state index contributed by atoms with van der Waals surface area (Å²) in [7, 11) is 1.80. The molecule has 3 aromatic carbocycles. The Hall–Kier alpha value is -3.64. The van der Waals surface area contributed by atoms with Gasteiger partial charge in [-0.25, -0.2) is 4.99 Å². The van der Waals surface area contributed by atoms with E-state index in [0.717, 1.165) is 22.4 Å². The molecular weight excluding hydrogens is 416 g/mol. The highest BCUT2D eigenvalue weighted by molar-refractivity contribution is 6.08. The summed E-state index contributed by atoms with van der Waals surface area (Å²) in [5.41, 5.74) is 2.55. The van der Waals surface area contributed by atoms with Crippen LogP contribution in [0, 0.1) is 0 Å². The molecule has 0 radical (unpaired) electrons. The molecule has 1 amide bonds. The monoisotopic (exact) mass is 442 g/mol. The number of anilines is 1. The van der Waals surface area contributed by atoms with Crippen LogP contribution in [0.4, 0.5) is 5.69 Å². The lowest BCUT2D eigenvalue weighted by molar-refractivity contribution is -0.126. The number of benzene rings is 3. The molecule has 0 aromatic heterocycles. The molecule has 6 heteroatoms. The van der Waals surface area contributed by atoms with E-state index < -0.39 is 11.6 Å². The van der Waals surface area contributed by atoms with E-state index in [1.807, 2.05) is 78.9 Å². The number of carbonyl (C=O) groups is 1. The number of nitrogens with zero attached hydrogens (tertiary/aromatic N) is 2. The summed E-state index contributed by atoms with van der Waals surface area (Å²) in [4.78, 5) is 20.4. The van der Waals surface area contributed by atoms with Gasteiger partial charge in [-0.2, -0.15) is 0 Å². The highest BCUT2D eigenvalue weighted by atomic mass is 16.5. The molecule has 5 rings (SSSR count). The minimum absolute atomic E-state index is 0.0750. The average molecular weight is 443 g/mol. The van der Waals surface area contributed by atoms with Crippen molar-refractivity contribution in [3.63, 3.8) is 0 Å². The van der Waals surface area contributed by atoms with Crippen molar-refractivity contribution in [1.29, 1.82) is 0 Å². The van der Waals surface area contributed by atoms with Crippen LogP contribution in [0.2, 0.25) is 0 Å². The van der Waals surface area contributed by atoms with Gasteiger partial charge >= 0.3 is 0 Å². The number of aliphatic hydroxyl groups is 1. The van der Waals surface area contributed by atoms with Crippen molar-refractivity contribution in [2.75, 3.05) is 25.2 Å². The first-order valence-corrected chi connectivity index (χ1v) is 11.1. The second-order valence-electron chi connectivity index (χ2n) is 8.37. The lowest BCUT2D eigenvalue weighted by atomic mass is 9.78. The topological polar surface area (TPSA) is 71.4 Å². The number of ether oxygens (including phenoxy) is 2. The Bertz CT molecular complexity index is 1180. The largest absolute Gasteiger partial charge is 0.494 e. The molecule has 2 heterocycles. The lowest BCUT2D eigenvalue weighted by Crippen LogP contribution is -2.54. The third-order valence-corrected chi connectivity index (χ3v) is 6.21. The van der Waals surface area contributed by atoms with Crippen LogP contribution in [0.5, 0.6) is 5.75 Å². The number of likely N-dealkylation sites (N-methyl/N-ethyl adjacent to an activating group) is 1. The SMILES string of the molecule is CN1C(=O)[C@@]2(Cc3ccccc3)N=C(c3ccc(OCCCO)cc3)O[C@H]2c2ccccc21. The number of carbonyl (C=O) groups excluding carboxylic acids is 1. The highest BCUT2D eigenvalue weighted by Gasteiger charge is 2.58. The number of rotatable bonds is 7. The average Bonchev–Trinajstić information content (AvgIpc) is 3.24. The molecule has 2 atom stereocenters. The summed E-state index contributed by atoms with van der Waals surface area (Å²) in [5.74, 6) is 1.09. The Morgan fingerprint density at radius 3 is 2.52 bits per heavy atom. The van der Waals surface area contributed by atoms with Gasteiger partial charge in [0, 0.05) is 37.6 Å². The van der Waals surface area contributed by atoms with Gasteiger partial charge in [0.05, 0.1) is 12.3 Å². The third-order valence-electron chi connectivity index (χ3n) is 6.21. The highest BCUT2D eigenvalue weighted by Crippen LogP contribution is 2.49. The number of hydrogen-bond acceptors (Lipinski definition) is 5. The molecule has 168 valence electrons. The van der Waals surface area contributed by atoms with Gasteiger partial charge in [0.2, 0.25) is 5.90 Å². The smallest absolute Gasteiger partial charge is 0.259 e.